The second kappa shape index (κ2) is 4.56. The molecular formula is C14H17ClN2O. The van der Waals surface area contributed by atoms with Crippen molar-refractivity contribution in [1.29, 1.82) is 0 Å². The summed E-state index contributed by atoms with van der Waals surface area (Å²) in [6.07, 6.45) is 3.24. The number of oxazole rings is 1. The molecule has 1 aliphatic heterocycles. The molecule has 18 heavy (non-hydrogen) atoms. The fraction of sp³-hybridized carbons (Fsp3) is 0.500. The van der Waals surface area contributed by atoms with Crippen LogP contribution in [0.3, 0.4) is 0 Å². The van der Waals surface area contributed by atoms with Crippen molar-refractivity contribution < 1.29 is 4.42 Å². The molecular weight excluding hydrogens is 248 g/mol. The lowest BCUT2D eigenvalue weighted by Crippen LogP contribution is -2.39. The van der Waals surface area contributed by atoms with Gasteiger partial charge in [0.15, 0.2) is 5.58 Å². The number of hydrogen-bond donors (Lipinski definition) is 1. The molecule has 2 aromatic rings. The second-order valence-electron chi connectivity index (χ2n) is 5.01. The SMILES string of the molecule is CCC1(c2nc3ccc(Cl)cc3o2)CCNCC1. The van der Waals surface area contributed by atoms with Gasteiger partial charge in [0.25, 0.3) is 0 Å². The number of halogens is 1. The predicted octanol–water partition coefficient (Wildman–Crippen LogP) is 3.51. The van der Waals surface area contributed by atoms with E-state index in [0.29, 0.717) is 5.02 Å². The lowest BCUT2D eigenvalue weighted by atomic mass is 9.76. The van der Waals surface area contributed by atoms with Crippen molar-refractivity contribution in [2.24, 2.45) is 0 Å². The summed E-state index contributed by atoms with van der Waals surface area (Å²) in [5.41, 5.74) is 1.79. The first-order valence-electron chi connectivity index (χ1n) is 6.51. The molecule has 0 atom stereocenters. The van der Waals surface area contributed by atoms with Crippen LogP contribution in [0.15, 0.2) is 22.6 Å². The van der Waals surface area contributed by atoms with E-state index in [9.17, 15) is 0 Å². The Morgan fingerprint density at radius 1 is 1.39 bits per heavy atom. The smallest absolute Gasteiger partial charge is 0.201 e. The van der Waals surface area contributed by atoms with Crippen LogP contribution in [0.1, 0.15) is 32.1 Å². The lowest BCUT2D eigenvalue weighted by molar-refractivity contribution is 0.243. The summed E-state index contributed by atoms with van der Waals surface area (Å²) in [4.78, 5) is 4.67. The number of rotatable bonds is 2. The Kier molecular flexibility index (Phi) is 3.04. The molecule has 96 valence electrons. The summed E-state index contributed by atoms with van der Waals surface area (Å²) in [6, 6.07) is 5.63. The third kappa shape index (κ3) is 1.91. The molecule has 0 bridgehead atoms. The fourth-order valence-electron chi connectivity index (χ4n) is 2.75. The van der Waals surface area contributed by atoms with E-state index >= 15 is 0 Å². The molecule has 0 aliphatic carbocycles. The zero-order valence-electron chi connectivity index (χ0n) is 10.5. The van der Waals surface area contributed by atoms with Crippen LogP contribution in [0.5, 0.6) is 0 Å². The van der Waals surface area contributed by atoms with Crippen LogP contribution in [0.4, 0.5) is 0 Å². The standard InChI is InChI=1S/C14H17ClN2O/c1-2-14(5-7-16-8-6-14)13-17-11-4-3-10(15)9-12(11)18-13/h3-4,9,16H,2,5-8H2,1H3. The van der Waals surface area contributed by atoms with Crippen molar-refractivity contribution in [3.63, 3.8) is 0 Å². The van der Waals surface area contributed by atoms with Gasteiger partial charge in [-0.05, 0) is 44.5 Å². The van der Waals surface area contributed by atoms with Crippen LogP contribution in [-0.4, -0.2) is 18.1 Å². The van der Waals surface area contributed by atoms with Crippen molar-refractivity contribution in [3.8, 4) is 0 Å². The molecule has 1 saturated heterocycles. The van der Waals surface area contributed by atoms with Crippen LogP contribution in [0.25, 0.3) is 11.1 Å². The highest BCUT2D eigenvalue weighted by Gasteiger charge is 2.36. The Balaban J connectivity index is 2.06. The van der Waals surface area contributed by atoms with Crippen LogP contribution < -0.4 is 5.32 Å². The van der Waals surface area contributed by atoms with Crippen molar-refractivity contribution in [3.05, 3.63) is 29.1 Å². The first-order chi connectivity index (χ1) is 8.73. The number of piperidine rings is 1. The summed E-state index contributed by atoms with van der Waals surface area (Å²) < 4.78 is 5.96. The third-order valence-corrected chi connectivity index (χ3v) is 4.28. The van der Waals surface area contributed by atoms with Crippen molar-refractivity contribution in [2.45, 2.75) is 31.6 Å². The average molecular weight is 265 g/mol. The van der Waals surface area contributed by atoms with Crippen LogP contribution in [0, 0.1) is 0 Å². The van der Waals surface area contributed by atoms with E-state index in [0.717, 1.165) is 49.3 Å². The van der Waals surface area contributed by atoms with Gasteiger partial charge in [-0.2, -0.15) is 0 Å². The van der Waals surface area contributed by atoms with E-state index in [4.69, 9.17) is 16.0 Å². The van der Waals surface area contributed by atoms with Gasteiger partial charge in [-0.25, -0.2) is 4.98 Å². The van der Waals surface area contributed by atoms with Crippen molar-refractivity contribution in [1.82, 2.24) is 10.3 Å². The van der Waals surface area contributed by atoms with Gasteiger partial charge >= 0.3 is 0 Å². The number of fused-ring (bicyclic) bond motifs is 1. The van der Waals surface area contributed by atoms with Crippen LogP contribution in [0.2, 0.25) is 5.02 Å². The van der Waals surface area contributed by atoms with Gasteiger partial charge in [0.1, 0.15) is 5.52 Å². The summed E-state index contributed by atoms with van der Waals surface area (Å²) in [7, 11) is 0. The van der Waals surface area contributed by atoms with Gasteiger partial charge in [0.2, 0.25) is 5.89 Å². The van der Waals surface area contributed by atoms with Crippen molar-refractivity contribution in [2.75, 3.05) is 13.1 Å². The van der Waals surface area contributed by atoms with E-state index in [-0.39, 0.29) is 5.41 Å². The molecule has 0 spiro atoms. The molecule has 3 nitrogen and oxygen atoms in total. The molecule has 0 saturated carbocycles. The molecule has 1 aromatic heterocycles. The van der Waals surface area contributed by atoms with Gasteiger partial charge in [-0.3, -0.25) is 0 Å². The highest BCUT2D eigenvalue weighted by atomic mass is 35.5. The molecule has 1 aliphatic rings. The Hall–Kier alpha value is -1.06. The summed E-state index contributed by atoms with van der Waals surface area (Å²) >= 11 is 5.98. The number of nitrogens with one attached hydrogen (secondary N) is 1. The third-order valence-electron chi connectivity index (χ3n) is 4.04. The molecule has 1 N–H and O–H groups in total. The first kappa shape index (κ1) is 12.0. The van der Waals surface area contributed by atoms with E-state index in [1.807, 2.05) is 18.2 Å². The van der Waals surface area contributed by atoms with Gasteiger partial charge in [-0.1, -0.05) is 18.5 Å². The minimum absolute atomic E-state index is 0.0940. The molecule has 3 rings (SSSR count). The monoisotopic (exact) mass is 264 g/mol. The Morgan fingerprint density at radius 3 is 2.89 bits per heavy atom. The zero-order chi connectivity index (χ0) is 12.6. The fourth-order valence-corrected chi connectivity index (χ4v) is 2.91. The quantitative estimate of drug-likeness (QED) is 0.902. The number of hydrogen-bond acceptors (Lipinski definition) is 3. The highest BCUT2D eigenvalue weighted by molar-refractivity contribution is 6.31. The van der Waals surface area contributed by atoms with Crippen molar-refractivity contribution >= 4 is 22.7 Å². The Bertz CT molecular complexity index is 558. The van der Waals surface area contributed by atoms with Gasteiger partial charge in [0.05, 0.1) is 0 Å². The van der Waals surface area contributed by atoms with Crippen LogP contribution in [-0.2, 0) is 5.41 Å². The minimum Gasteiger partial charge on any atom is -0.440 e. The van der Waals surface area contributed by atoms with E-state index in [2.05, 4.69) is 17.2 Å². The second-order valence-corrected chi connectivity index (χ2v) is 5.45. The zero-order valence-corrected chi connectivity index (χ0v) is 11.3. The number of benzene rings is 1. The Morgan fingerprint density at radius 2 is 2.17 bits per heavy atom. The molecule has 0 unspecified atom stereocenters. The molecule has 1 aromatic carbocycles. The van der Waals surface area contributed by atoms with E-state index in [1.165, 1.54) is 0 Å². The summed E-state index contributed by atoms with van der Waals surface area (Å²) in [5.74, 6) is 0.878. The largest absolute Gasteiger partial charge is 0.440 e. The normalized spacial score (nSPS) is 19.2. The topological polar surface area (TPSA) is 38.1 Å². The lowest BCUT2D eigenvalue weighted by Gasteiger charge is -2.33. The maximum atomic E-state index is 5.98. The highest BCUT2D eigenvalue weighted by Crippen LogP contribution is 2.37. The minimum atomic E-state index is 0.0940. The van der Waals surface area contributed by atoms with Gasteiger partial charge in [0, 0.05) is 16.5 Å². The maximum absolute atomic E-state index is 5.98. The number of aromatic nitrogens is 1. The molecule has 2 heterocycles. The molecule has 0 radical (unpaired) electrons. The van der Waals surface area contributed by atoms with E-state index in [1.54, 1.807) is 0 Å². The summed E-state index contributed by atoms with van der Waals surface area (Å²) in [6.45, 7) is 4.29. The number of nitrogens with zero attached hydrogens (tertiary/aromatic N) is 1. The first-order valence-corrected chi connectivity index (χ1v) is 6.89. The summed E-state index contributed by atoms with van der Waals surface area (Å²) in [5, 5.41) is 4.09. The molecule has 1 fully saturated rings. The molecule has 0 amide bonds. The predicted molar refractivity (Wildman–Crippen MR) is 73.1 cm³/mol. The maximum Gasteiger partial charge on any atom is 0.201 e. The average Bonchev–Trinajstić information content (AvgIpc) is 2.83. The van der Waals surface area contributed by atoms with Crippen LogP contribution >= 0.6 is 11.6 Å². The molecule has 4 heteroatoms. The van der Waals surface area contributed by atoms with Gasteiger partial charge in [-0.15, -0.1) is 0 Å². The van der Waals surface area contributed by atoms with E-state index < -0.39 is 0 Å². The van der Waals surface area contributed by atoms with Gasteiger partial charge < -0.3 is 9.73 Å². The Labute approximate surface area is 112 Å².